The first-order valence-electron chi connectivity index (χ1n) is 4.69. The Balaban J connectivity index is 0.00000144. The molecular weight excluding hydrogens is 277 g/mol. The molecule has 3 nitrogen and oxygen atoms in total. The van der Waals surface area contributed by atoms with Crippen LogP contribution in [0.1, 0.15) is 20.3 Å². The lowest BCUT2D eigenvalue weighted by Crippen LogP contribution is -3.00. The Hall–Kier alpha value is 0.160. The highest BCUT2D eigenvalue weighted by Crippen LogP contribution is 2.10. The monoisotopic (exact) mass is 297 g/mol. The summed E-state index contributed by atoms with van der Waals surface area (Å²) in [4.78, 5) is 2.46. The summed E-state index contributed by atoms with van der Waals surface area (Å²) in [6, 6.07) is 0.634. The van der Waals surface area contributed by atoms with Gasteiger partial charge in [0, 0.05) is 26.4 Å². The molecule has 0 radical (unpaired) electrons. The molecule has 1 unspecified atom stereocenters. The van der Waals surface area contributed by atoms with Crippen LogP contribution >= 0.6 is 0 Å². The average molecular weight is 297 g/mol. The number of nitrogens with two attached hydrogens (primary N) is 1. The van der Waals surface area contributed by atoms with Crippen molar-refractivity contribution in [2.45, 2.75) is 26.3 Å². The molecule has 0 aromatic carbocycles. The largest absolute Gasteiger partial charge is 1.00 e. The smallest absolute Gasteiger partial charge is 0.239 e. The van der Waals surface area contributed by atoms with Crippen LogP contribution in [0.15, 0.2) is 0 Å². The molecule has 0 aliphatic carbocycles. The van der Waals surface area contributed by atoms with Gasteiger partial charge < -0.3 is 24.0 Å². The third kappa shape index (κ3) is 3.42. The molecule has 13 heavy (non-hydrogen) atoms. The molecule has 78 valence electrons. The molecule has 1 aliphatic heterocycles. The predicted octanol–water partition coefficient (Wildman–Crippen LogP) is -2.90. The van der Waals surface area contributed by atoms with Gasteiger partial charge in [-0.05, 0) is 6.54 Å². The van der Waals surface area contributed by atoms with E-state index in [9.17, 15) is 0 Å². The van der Waals surface area contributed by atoms with E-state index >= 15 is 0 Å². The van der Waals surface area contributed by atoms with Gasteiger partial charge in [0.25, 0.3) is 0 Å². The molecule has 1 heterocycles. The summed E-state index contributed by atoms with van der Waals surface area (Å²) < 4.78 is 2.19. The average Bonchev–Trinajstić information content (AvgIpc) is 2.50. The van der Waals surface area contributed by atoms with Gasteiger partial charge in [-0.25, -0.2) is 0 Å². The zero-order valence-electron chi connectivity index (χ0n) is 8.76. The fraction of sp³-hybridized carbons (Fsp3) is 0.889. The number of halogens is 1. The Bertz CT molecular complexity index is 187. The van der Waals surface area contributed by atoms with Gasteiger partial charge in [0.05, 0.1) is 7.05 Å². The molecule has 1 fully saturated rings. The number of hydrogen-bond acceptors (Lipinski definition) is 1. The van der Waals surface area contributed by atoms with E-state index in [-0.39, 0.29) is 24.0 Å². The van der Waals surface area contributed by atoms with Crippen LogP contribution in [-0.2, 0) is 0 Å². The first-order chi connectivity index (χ1) is 5.65. The van der Waals surface area contributed by atoms with Gasteiger partial charge in [-0.2, -0.15) is 0 Å². The van der Waals surface area contributed by atoms with Crippen LogP contribution in [0.25, 0.3) is 0 Å². The van der Waals surface area contributed by atoms with E-state index in [1.807, 2.05) is 6.92 Å². The molecule has 1 atom stereocenters. The van der Waals surface area contributed by atoms with Crippen molar-refractivity contribution in [2.75, 3.05) is 26.7 Å². The van der Waals surface area contributed by atoms with Crippen molar-refractivity contribution >= 4 is 5.84 Å². The van der Waals surface area contributed by atoms with Gasteiger partial charge in [-0.15, -0.1) is 0 Å². The minimum absolute atomic E-state index is 0. The summed E-state index contributed by atoms with van der Waals surface area (Å²) in [6.07, 6.45) is 1.25. The minimum Gasteiger partial charge on any atom is -1.00 e. The van der Waals surface area contributed by atoms with Crippen LogP contribution < -0.4 is 29.7 Å². The number of rotatable bonds is 2. The van der Waals surface area contributed by atoms with Crippen molar-refractivity contribution in [3.05, 3.63) is 0 Å². The van der Waals surface area contributed by atoms with Crippen molar-refractivity contribution in [3.8, 4) is 0 Å². The first kappa shape index (κ1) is 13.2. The first-order valence-corrected chi connectivity index (χ1v) is 4.69. The number of likely N-dealkylation sites (tertiary alicyclic amines) is 1. The van der Waals surface area contributed by atoms with Crippen molar-refractivity contribution in [3.63, 3.8) is 0 Å². The van der Waals surface area contributed by atoms with E-state index in [0.717, 1.165) is 12.4 Å². The molecule has 2 N–H and O–H groups in total. The summed E-state index contributed by atoms with van der Waals surface area (Å²) in [5.41, 5.74) is 5.73. The van der Waals surface area contributed by atoms with Gasteiger partial charge in [0.15, 0.2) is 0 Å². The zero-order valence-corrected chi connectivity index (χ0v) is 10.9. The molecule has 1 aliphatic rings. The van der Waals surface area contributed by atoms with Crippen LogP contribution in [-0.4, -0.2) is 48.0 Å². The second kappa shape index (κ2) is 5.80. The van der Waals surface area contributed by atoms with Gasteiger partial charge in [-0.3, -0.25) is 15.2 Å². The summed E-state index contributed by atoms with van der Waals surface area (Å²) in [5, 5.41) is 0. The van der Waals surface area contributed by atoms with Crippen LogP contribution in [0.5, 0.6) is 0 Å². The molecule has 0 saturated carbocycles. The van der Waals surface area contributed by atoms with Crippen LogP contribution in [0.2, 0.25) is 0 Å². The summed E-state index contributed by atoms with van der Waals surface area (Å²) in [5.74, 6) is 0.929. The van der Waals surface area contributed by atoms with Gasteiger partial charge >= 0.3 is 0 Å². The number of hydrogen-bond donors (Lipinski definition) is 1. The normalized spacial score (nSPS) is 25.3. The third-order valence-electron chi connectivity index (χ3n) is 2.80. The highest BCUT2D eigenvalue weighted by molar-refractivity contribution is 5.72. The summed E-state index contributed by atoms with van der Waals surface area (Å²) in [7, 11) is 2.08. The molecule has 1 rings (SSSR count). The number of likely N-dealkylation sites (N-methyl/N-ethyl adjacent to an activating group) is 2. The maximum atomic E-state index is 5.73. The lowest BCUT2D eigenvalue weighted by Gasteiger charge is -2.13. The number of amidine groups is 1. The summed E-state index contributed by atoms with van der Waals surface area (Å²) >= 11 is 0. The van der Waals surface area contributed by atoms with Crippen molar-refractivity contribution in [1.82, 2.24) is 4.90 Å². The maximum Gasteiger partial charge on any atom is 0.239 e. The van der Waals surface area contributed by atoms with Gasteiger partial charge in [0.2, 0.25) is 5.84 Å². The van der Waals surface area contributed by atoms with Crippen LogP contribution in [0, 0.1) is 0 Å². The second-order valence-corrected chi connectivity index (χ2v) is 3.59. The van der Waals surface area contributed by atoms with Gasteiger partial charge in [-0.1, -0.05) is 6.92 Å². The molecule has 0 amide bonds. The van der Waals surface area contributed by atoms with Crippen molar-refractivity contribution in [2.24, 2.45) is 5.73 Å². The molecule has 0 aromatic heterocycles. The Morgan fingerprint density at radius 2 is 2.23 bits per heavy atom. The van der Waals surface area contributed by atoms with Crippen LogP contribution in [0.4, 0.5) is 0 Å². The molecular formula is C9H20IN3. The van der Waals surface area contributed by atoms with E-state index in [0.29, 0.717) is 6.04 Å². The van der Waals surface area contributed by atoms with E-state index in [2.05, 4.69) is 23.4 Å². The van der Waals surface area contributed by atoms with Crippen molar-refractivity contribution in [1.29, 1.82) is 0 Å². The van der Waals surface area contributed by atoms with E-state index < -0.39 is 0 Å². The standard InChI is InChI=1S/C9H19N3.HI/c1-4-12-6-5-9(7-12)11(3)8(2)10;/h9-10H,4-7H2,1-3H3;1H. The zero-order chi connectivity index (χ0) is 9.14. The van der Waals surface area contributed by atoms with E-state index in [1.165, 1.54) is 19.5 Å². The summed E-state index contributed by atoms with van der Waals surface area (Å²) in [6.45, 7) is 7.73. The van der Waals surface area contributed by atoms with E-state index in [4.69, 9.17) is 5.73 Å². The van der Waals surface area contributed by atoms with Crippen molar-refractivity contribution < 1.29 is 28.6 Å². The Morgan fingerprint density at radius 3 is 2.62 bits per heavy atom. The lowest BCUT2D eigenvalue weighted by molar-refractivity contribution is -0.535. The number of nitrogens with zero attached hydrogens (tertiary/aromatic N) is 2. The molecule has 1 saturated heterocycles. The lowest BCUT2D eigenvalue weighted by atomic mass is 10.2. The third-order valence-corrected chi connectivity index (χ3v) is 2.80. The second-order valence-electron chi connectivity index (χ2n) is 3.59. The highest BCUT2D eigenvalue weighted by Gasteiger charge is 2.25. The maximum absolute atomic E-state index is 5.73. The van der Waals surface area contributed by atoms with E-state index in [1.54, 1.807) is 0 Å². The topological polar surface area (TPSA) is 32.3 Å². The Morgan fingerprint density at radius 1 is 1.62 bits per heavy atom. The van der Waals surface area contributed by atoms with Crippen LogP contribution in [0.3, 0.4) is 0 Å². The SMILES string of the molecule is CCN1CCC([N+](C)=C(C)N)C1.[I-]. The molecule has 0 bridgehead atoms. The fourth-order valence-corrected chi connectivity index (χ4v) is 1.70. The Labute approximate surface area is 98.0 Å². The fourth-order valence-electron chi connectivity index (χ4n) is 1.70. The molecule has 0 aromatic rings. The van der Waals surface area contributed by atoms with Gasteiger partial charge in [0.1, 0.15) is 6.04 Å². The quantitative estimate of drug-likeness (QED) is 0.257. The molecule has 0 spiro atoms. The molecule has 4 heteroatoms. The Kier molecular flexibility index (Phi) is 5.87. The highest BCUT2D eigenvalue weighted by atomic mass is 127. The predicted molar refractivity (Wildman–Crippen MR) is 51.6 cm³/mol. The minimum atomic E-state index is 0.